The van der Waals surface area contributed by atoms with Crippen LogP contribution >= 0.6 is 24.0 Å². The van der Waals surface area contributed by atoms with Gasteiger partial charge in [-0.05, 0) is 18.5 Å². The molecule has 1 rings (SSSR count). The molecule has 0 amide bonds. The van der Waals surface area contributed by atoms with Gasteiger partial charge in [0.15, 0.2) is 4.77 Å². The number of aromatic amines is 1. The quantitative estimate of drug-likeness (QED) is 0.809. The average Bonchev–Trinajstić information content (AvgIpc) is 2.48. The number of hydrogen-bond donors (Lipinski definition) is 1. The Hall–Kier alpha value is -0.290. The van der Waals surface area contributed by atoms with Gasteiger partial charge in [-0.2, -0.15) is 16.9 Å². The molecule has 14 heavy (non-hydrogen) atoms. The molecule has 5 heteroatoms. The first kappa shape index (κ1) is 11.8. The molecule has 1 heterocycles. The van der Waals surface area contributed by atoms with Crippen LogP contribution in [0.1, 0.15) is 32.5 Å². The van der Waals surface area contributed by atoms with E-state index in [0.717, 1.165) is 17.1 Å². The lowest BCUT2D eigenvalue weighted by Crippen LogP contribution is -2.13. The van der Waals surface area contributed by atoms with Crippen molar-refractivity contribution in [2.24, 2.45) is 0 Å². The lowest BCUT2D eigenvalue weighted by Gasteiger charge is -2.12. The molecule has 80 valence electrons. The second-order valence-corrected chi connectivity index (χ2v) is 5.36. The topological polar surface area (TPSA) is 33.6 Å². The van der Waals surface area contributed by atoms with Crippen molar-refractivity contribution < 1.29 is 0 Å². The zero-order valence-electron chi connectivity index (χ0n) is 9.07. The Labute approximate surface area is 94.3 Å². The highest BCUT2D eigenvalue weighted by atomic mass is 32.2. The Morgan fingerprint density at radius 3 is 2.64 bits per heavy atom. The summed E-state index contributed by atoms with van der Waals surface area (Å²) in [7, 11) is 0. The molecule has 0 spiro atoms. The summed E-state index contributed by atoms with van der Waals surface area (Å²) < 4.78 is 2.83. The van der Waals surface area contributed by atoms with Gasteiger partial charge in [-0.1, -0.05) is 20.8 Å². The van der Waals surface area contributed by atoms with E-state index in [1.54, 1.807) is 0 Å². The maximum absolute atomic E-state index is 5.19. The average molecular weight is 231 g/mol. The first-order valence-electron chi connectivity index (χ1n) is 4.74. The molecule has 1 aromatic rings. The van der Waals surface area contributed by atoms with Crippen LogP contribution in [0, 0.1) is 4.77 Å². The van der Waals surface area contributed by atoms with Crippen LogP contribution < -0.4 is 0 Å². The molecule has 0 aliphatic heterocycles. The summed E-state index contributed by atoms with van der Waals surface area (Å²) >= 11 is 7.04. The summed E-state index contributed by atoms with van der Waals surface area (Å²) in [5, 5.41) is 7.66. The lowest BCUT2D eigenvalue weighted by atomic mass is 10.2. The first-order chi connectivity index (χ1) is 6.56. The fraction of sp³-hybridized carbons (Fsp3) is 0.778. The maximum atomic E-state index is 5.19. The van der Waals surface area contributed by atoms with E-state index in [0.29, 0.717) is 11.2 Å². The number of thioether (sulfide) groups is 1. The highest BCUT2D eigenvalue weighted by Gasteiger charge is 2.11. The highest BCUT2D eigenvalue weighted by molar-refractivity contribution is 7.99. The minimum Gasteiger partial charge on any atom is -0.303 e. The Morgan fingerprint density at radius 1 is 1.50 bits per heavy atom. The number of hydrogen-bond acceptors (Lipinski definition) is 3. The fourth-order valence-corrected chi connectivity index (χ4v) is 1.79. The summed E-state index contributed by atoms with van der Waals surface area (Å²) in [5.41, 5.74) is 0. The van der Waals surface area contributed by atoms with Gasteiger partial charge in [-0.15, -0.1) is 0 Å². The molecule has 1 atom stereocenters. The van der Waals surface area contributed by atoms with Crippen molar-refractivity contribution >= 4 is 24.0 Å². The number of H-pyrrole nitrogens is 1. The van der Waals surface area contributed by atoms with E-state index >= 15 is 0 Å². The Kier molecular flexibility index (Phi) is 4.19. The fourth-order valence-electron chi connectivity index (χ4n) is 1.28. The van der Waals surface area contributed by atoms with Gasteiger partial charge < -0.3 is 4.57 Å². The predicted molar refractivity (Wildman–Crippen MR) is 64.5 cm³/mol. The summed E-state index contributed by atoms with van der Waals surface area (Å²) in [6.07, 6.45) is 2.11. The highest BCUT2D eigenvalue weighted by Crippen LogP contribution is 2.15. The van der Waals surface area contributed by atoms with Gasteiger partial charge in [0.1, 0.15) is 5.82 Å². The number of nitrogens with one attached hydrogen (secondary N) is 1. The molecule has 0 saturated carbocycles. The van der Waals surface area contributed by atoms with Crippen LogP contribution in [0.25, 0.3) is 0 Å². The minimum absolute atomic E-state index is 0.414. The van der Waals surface area contributed by atoms with Crippen molar-refractivity contribution in [3.8, 4) is 0 Å². The Bertz CT molecular complexity index is 340. The summed E-state index contributed by atoms with van der Waals surface area (Å²) in [5.74, 6) is 1.47. The largest absolute Gasteiger partial charge is 0.303 e. The monoisotopic (exact) mass is 231 g/mol. The van der Waals surface area contributed by atoms with Crippen LogP contribution in [-0.4, -0.2) is 26.3 Å². The molecule has 0 radical (unpaired) electrons. The van der Waals surface area contributed by atoms with Crippen molar-refractivity contribution in [3.05, 3.63) is 10.6 Å². The molecule has 0 aromatic carbocycles. The van der Waals surface area contributed by atoms with Gasteiger partial charge in [-0.3, -0.25) is 5.10 Å². The van der Waals surface area contributed by atoms with E-state index in [1.807, 2.05) is 11.8 Å². The smallest absolute Gasteiger partial charge is 0.195 e. The van der Waals surface area contributed by atoms with Crippen molar-refractivity contribution in [1.82, 2.24) is 14.8 Å². The van der Waals surface area contributed by atoms with E-state index < -0.39 is 0 Å². The third kappa shape index (κ3) is 2.60. The van der Waals surface area contributed by atoms with Crippen molar-refractivity contribution in [2.45, 2.75) is 38.5 Å². The zero-order valence-corrected chi connectivity index (χ0v) is 10.7. The summed E-state index contributed by atoms with van der Waals surface area (Å²) in [6, 6.07) is 0. The molecule has 0 bridgehead atoms. The normalized spacial score (nSPS) is 13.5. The molecule has 1 N–H and O–H groups in total. The minimum atomic E-state index is 0.414. The van der Waals surface area contributed by atoms with Crippen LogP contribution in [0.4, 0.5) is 0 Å². The number of nitrogens with zero attached hydrogens (tertiary/aromatic N) is 2. The van der Waals surface area contributed by atoms with Crippen molar-refractivity contribution in [2.75, 3.05) is 6.26 Å². The van der Waals surface area contributed by atoms with Crippen LogP contribution in [0.5, 0.6) is 0 Å². The molecule has 1 unspecified atom stereocenters. The van der Waals surface area contributed by atoms with Crippen LogP contribution in [-0.2, 0) is 6.54 Å². The summed E-state index contributed by atoms with van der Waals surface area (Å²) in [6.45, 7) is 7.39. The lowest BCUT2D eigenvalue weighted by molar-refractivity contribution is 0.613. The molecule has 1 aromatic heterocycles. The van der Waals surface area contributed by atoms with Gasteiger partial charge >= 0.3 is 0 Å². The SMILES string of the molecule is CSC(C)Cn1c(C(C)C)n[nH]c1=S. The maximum Gasteiger partial charge on any atom is 0.195 e. The molecule has 0 fully saturated rings. The predicted octanol–water partition coefficient (Wildman–Crippen LogP) is 2.82. The second-order valence-electron chi connectivity index (χ2n) is 3.70. The molecule has 3 nitrogen and oxygen atoms in total. The third-order valence-corrected chi connectivity index (χ3v) is 3.41. The van der Waals surface area contributed by atoms with Gasteiger partial charge in [-0.25, -0.2) is 0 Å². The van der Waals surface area contributed by atoms with E-state index in [1.165, 1.54) is 0 Å². The number of rotatable bonds is 4. The third-order valence-electron chi connectivity index (χ3n) is 2.15. The van der Waals surface area contributed by atoms with Crippen molar-refractivity contribution in [1.29, 1.82) is 0 Å². The first-order valence-corrected chi connectivity index (χ1v) is 6.43. The van der Waals surface area contributed by atoms with Gasteiger partial charge in [0.05, 0.1) is 0 Å². The standard InChI is InChI=1S/C9H17N3S2/c1-6(2)8-10-11-9(13)12(8)5-7(3)14-4/h6-7H,5H2,1-4H3,(H,11,13). The van der Waals surface area contributed by atoms with Gasteiger partial charge in [0.2, 0.25) is 0 Å². The van der Waals surface area contributed by atoms with E-state index in [9.17, 15) is 0 Å². The Morgan fingerprint density at radius 2 is 2.14 bits per heavy atom. The van der Waals surface area contributed by atoms with Crippen molar-refractivity contribution in [3.63, 3.8) is 0 Å². The van der Waals surface area contributed by atoms with Crippen LogP contribution in [0.15, 0.2) is 0 Å². The second kappa shape index (κ2) is 4.98. The molecular formula is C9H17N3S2. The van der Waals surface area contributed by atoms with Gasteiger partial charge in [0, 0.05) is 17.7 Å². The molecule has 0 saturated heterocycles. The van der Waals surface area contributed by atoms with Crippen LogP contribution in [0.2, 0.25) is 0 Å². The van der Waals surface area contributed by atoms with E-state index in [4.69, 9.17) is 12.2 Å². The van der Waals surface area contributed by atoms with Gasteiger partial charge in [0.25, 0.3) is 0 Å². The number of aromatic nitrogens is 3. The van der Waals surface area contributed by atoms with E-state index in [-0.39, 0.29) is 0 Å². The van der Waals surface area contributed by atoms with E-state index in [2.05, 4.69) is 41.8 Å². The zero-order chi connectivity index (χ0) is 10.7. The molecule has 0 aliphatic rings. The van der Waals surface area contributed by atoms with Crippen LogP contribution in [0.3, 0.4) is 0 Å². The summed E-state index contributed by atoms with van der Waals surface area (Å²) in [4.78, 5) is 0. The Balaban J connectivity index is 2.94. The molecule has 0 aliphatic carbocycles. The molecular weight excluding hydrogens is 214 g/mol.